The summed E-state index contributed by atoms with van der Waals surface area (Å²) in [4.78, 5) is 14.2. The van der Waals surface area contributed by atoms with Crippen LogP contribution in [0.5, 0.6) is 0 Å². The minimum atomic E-state index is 0.596. The van der Waals surface area contributed by atoms with E-state index in [0.29, 0.717) is 17.0 Å². The Kier molecular flexibility index (Phi) is 6.29. The third-order valence-electron chi connectivity index (χ3n) is 4.87. The summed E-state index contributed by atoms with van der Waals surface area (Å²) in [7, 11) is 0. The summed E-state index contributed by atoms with van der Waals surface area (Å²) in [5.74, 6) is 3.35. The Hall–Kier alpha value is -1.63. The van der Waals surface area contributed by atoms with E-state index in [1.807, 2.05) is 0 Å². The Morgan fingerprint density at radius 2 is 1.84 bits per heavy atom. The van der Waals surface area contributed by atoms with Crippen LogP contribution in [0.15, 0.2) is 6.07 Å². The first kappa shape index (κ1) is 18.2. The van der Waals surface area contributed by atoms with Crippen LogP contribution in [0.3, 0.4) is 0 Å². The highest BCUT2D eigenvalue weighted by molar-refractivity contribution is 7.80. The molecule has 0 saturated carbocycles. The largest absolute Gasteiger partial charge is 0.362 e. The number of hydrogen-bond acceptors (Lipinski definition) is 5. The van der Waals surface area contributed by atoms with Gasteiger partial charge in [-0.15, -0.1) is 0 Å². The van der Waals surface area contributed by atoms with Crippen LogP contribution in [-0.4, -0.2) is 47.8 Å². The van der Waals surface area contributed by atoms with E-state index in [-0.39, 0.29) is 0 Å². The van der Waals surface area contributed by atoms with Crippen LogP contribution in [0.1, 0.15) is 46.0 Å². The molecule has 0 aliphatic carbocycles. The zero-order valence-corrected chi connectivity index (χ0v) is 16.2. The Bertz CT molecular complexity index is 587. The van der Waals surface area contributed by atoms with Crippen molar-refractivity contribution in [3.8, 4) is 0 Å². The molecule has 3 heterocycles. The van der Waals surface area contributed by atoms with E-state index in [1.165, 1.54) is 25.7 Å². The SMILES string of the molecule is CCCNC(=S)Nc1nc(N2CCCC2)cc(N2CCC[C@H](C)C2)n1. The summed E-state index contributed by atoms with van der Waals surface area (Å²) in [6.45, 7) is 9.57. The molecular formula is C18H30N6S. The average Bonchev–Trinajstić information content (AvgIpc) is 3.14. The standard InChI is InChI=1S/C18H30N6S/c1-3-8-19-18(25)22-17-20-15(23-9-4-5-10-23)12-16(21-17)24-11-6-7-14(2)13-24/h12,14H,3-11,13H2,1-2H3,(H2,19,20,21,22,25)/t14-/m0/s1. The van der Waals surface area contributed by atoms with Crippen molar-refractivity contribution >= 4 is 34.9 Å². The molecule has 7 heteroatoms. The second-order valence-electron chi connectivity index (χ2n) is 7.18. The Labute approximate surface area is 156 Å². The van der Waals surface area contributed by atoms with Crippen molar-refractivity contribution in [2.24, 2.45) is 5.92 Å². The van der Waals surface area contributed by atoms with Crippen molar-refractivity contribution in [2.45, 2.75) is 46.0 Å². The number of anilines is 3. The normalized spacial score (nSPS) is 20.6. The van der Waals surface area contributed by atoms with Crippen molar-refractivity contribution in [1.29, 1.82) is 0 Å². The lowest BCUT2D eigenvalue weighted by atomic mass is 10.0. The molecule has 0 spiro atoms. The highest BCUT2D eigenvalue weighted by Crippen LogP contribution is 2.27. The van der Waals surface area contributed by atoms with E-state index in [4.69, 9.17) is 22.2 Å². The van der Waals surface area contributed by atoms with Gasteiger partial charge in [-0.3, -0.25) is 0 Å². The van der Waals surface area contributed by atoms with Gasteiger partial charge in [0.05, 0.1) is 0 Å². The van der Waals surface area contributed by atoms with Crippen LogP contribution in [0.2, 0.25) is 0 Å². The van der Waals surface area contributed by atoms with E-state index in [1.54, 1.807) is 0 Å². The highest BCUT2D eigenvalue weighted by Gasteiger charge is 2.21. The third kappa shape index (κ3) is 4.93. The van der Waals surface area contributed by atoms with Crippen LogP contribution in [-0.2, 0) is 0 Å². The molecule has 2 aliphatic heterocycles. The average molecular weight is 363 g/mol. The molecule has 25 heavy (non-hydrogen) atoms. The summed E-state index contributed by atoms with van der Waals surface area (Å²) in [5.41, 5.74) is 0. The fourth-order valence-electron chi connectivity index (χ4n) is 3.53. The van der Waals surface area contributed by atoms with Gasteiger partial charge in [-0.05, 0) is 50.2 Å². The van der Waals surface area contributed by atoms with Crippen molar-refractivity contribution in [3.63, 3.8) is 0 Å². The summed E-state index contributed by atoms with van der Waals surface area (Å²) < 4.78 is 0. The van der Waals surface area contributed by atoms with E-state index in [9.17, 15) is 0 Å². The summed E-state index contributed by atoms with van der Waals surface area (Å²) in [6.07, 6.45) is 6.03. The van der Waals surface area contributed by atoms with E-state index in [2.05, 4.69) is 40.3 Å². The Balaban J connectivity index is 1.81. The smallest absolute Gasteiger partial charge is 0.232 e. The molecule has 0 unspecified atom stereocenters. The van der Waals surface area contributed by atoms with Crippen molar-refractivity contribution in [1.82, 2.24) is 15.3 Å². The number of nitrogens with zero attached hydrogens (tertiary/aromatic N) is 4. The minimum Gasteiger partial charge on any atom is -0.362 e. The first-order valence-electron chi connectivity index (χ1n) is 9.59. The molecule has 0 bridgehead atoms. The quantitative estimate of drug-likeness (QED) is 0.781. The summed E-state index contributed by atoms with van der Waals surface area (Å²) in [6, 6.07) is 2.15. The number of thiocarbonyl (C=S) groups is 1. The van der Waals surface area contributed by atoms with Gasteiger partial charge >= 0.3 is 0 Å². The van der Waals surface area contributed by atoms with Crippen LogP contribution in [0.25, 0.3) is 0 Å². The van der Waals surface area contributed by atoms with Crippen molar-refractivity contribution in [2.75, 3.05) is 47.8 Å². The molecule has 6 nitrogen and oxygen atoms in total. The molecule has 2 saturated heterocycles. The van der Waals surface area contributed by atoms with Gasteiger partial charge in [0, 0.05) is 38.8 Å². The second kappa shape index (κ2) is 8.65. The molecule has 2 N–H and O–H groups in total. The Morgan fingerprint density at radius 3 is 2.52 bits per heavy atom. The van der Waals surface area contributed by atoms with Crippen molar-refractivity contribution < 1.29 is 0 Å². The number of hydrogen-bond donors (Lipinski definition) is 2. The lowest BCUT2D eigenvalue weighted by Crippen LogP contribution is -2.36. The molecule has 1 aromatic rings. The molecule has 0 amide bonds. The van der Waals surface area contributed by atoms with Gasteiger partial charge in [-0.25, -0.2) is 0 Å². The van der Waals surface area contributed by atoms with Gasteiger partial charge in [0.15, 0.2) is 5.11 Å². The van der Waals surface area contributed by atoms with Gasteiger partial charge < -0.3 is 20.4 Å². The van der Waals surface area contributed by atoms with E-state index in [0.717, 1.165) is 50.8 Å². The van der Waals surface area contributed by atoms with E-state index >= 15 is 0 Å². The predicted molar refractivity (Wildman–Crippen MR) is 109 cm³/mol. The van der Waals surface area contributed by atoms with Crippen LogP contribution in [0.4, 0.5) is 17.6 Å². The summed E-state index contributed by atoms with van der Waals surface area (Å²) >= 11 is 5.37. The molecule has 1 atom stereocenters. The highest BCUT2D eigenvalue weighted by atomic mass is 32.1. The Morgan fingerprint density at radius 1 is 1.16 bits per heavy atom. The fraction of sp³-hybridized carbons (Fsp3) is 0.722. The minimum absolute atomic E-state index is 0.596. The third-order valence-corrected chi connectivity index (χ3v) is 5.12. The number of aromatic nitrogens is 2. The second-order valence-corrected chi connectivity index (χ2v) is 7.58. The predicted octanol–water partition coefficient (Wildman–Crippen LogP) is 3.01. The molecule has 0 radical (unpaired) electrons. The maximum atomic E-state index is 5.37. The van der Waals surface area contributed by atoms with Gasteiger partial charge in [0.2, 0.25) is 5.95 Å². The van der Waals surface area contributed by atoms with Crippen LogP contribution >= 0.6 is 12.2 Å². The fourth-order valence-corrected chi connectivity index (χ4v) is 3.72. The lowest BCUT2D eigenvalue weighted by molar-refractivity contribution is 0.444. The maximum absolute atomic E-state index is 5.37. The molecule has 2 aliphatic rings. The maximum Gasteiger partial charge on any atom is 0.232 e. The summed E-state index contributed by atoms with van der Waals surface area (Å²) in [5, 5.41) is 6.96. The molecule has 3 rings (SSSR count). The molecular weight excluding hydrogens is 332 g/mol. The number of nitrogens with one attached hydrogen (secondary N) is 2. The van der Waals surface area contributed by atoms with Gasteiger partial charge in [0.1, 0.15) is 11.6 Å². The van der Waals surface area contributed by atoms with Gasteiger partial charge in [0.25, 0.3) is 0 Å². The molecule has 138 valence electrons. The first-order valence-corrected chi connectivity index (χ1v) is 10.0. The molecule has 2 fully saturated rings. The van der Waals surface area contributed by atoms with Gasteiger partial charge in [-0.1, -0.05) is 13.8 Å². The molecule has 0 aromatic carbocycles. The zero-order chi connectivity index (χ0) is 17.6. The topological polar surface area (TPSA) is 56.3 Å². The first-order chi connectivity index (χ1) is 12.2. The van der Waals surface area contributed by atoms with Gasteiger partial charge in [-0.2, -0.15) is 9.97 Å². The van der Waals surface area contributed by atoms with Crippen LogP contribution < -0.4 is 20.4 Å². The number of rotatable bonds is 5. The lowest BCUT2D eigenvalue weighted by Gasteiger charge is -2.32. The van der Waals surface area contributed by atoms with Crippen molar-refractivity contribution in [3.05, 3.63) is 6.07 Å². The number of piperidine rings is 1. The zero-order valence-electron chi connectivity index (χ0n) is 15.4. The van der Waals surface area contributed by atoms with Crippen LogP contribution in [0, 0.1) is 5.92 Å². The molecule has 1 aromatic heterocycles. The monoisotopic (exact) mass is 362 g/mol. The van der Waals surface area contributed by atoms with E-state index < -0.39 is 0 Å².